The number of nitrogens with zero attached hydrogens (tertiary/aromatic N) is 3. The molecule has 29 heavy (non-hydrogen) atoms. The number of carbonyl (C=O) groups excluding carboxylic acids is 1. The number of nitrogens with one attached hydrogen (secondary N) is 1. The highest BCUT2D eigenvalue weighted by molar-refractivity contribution is 5.94. The molecule has 0 saturated carbocycles. The van der Waals surface area contributed by atoms with Crippen LogP contribution in [-0.2, 0) is 17.9 Å². The molecule has 142 valence electrons. The molecule has 1 N–H and O–H groups in total. The van der Waals surface area contributed by atoms with Crippen LogP contribution in [0.25, 0.3) is 27.5 Å². The molecule has 0 bridgehead atoms. The Kier molecular flexibility index (Phi) is 4.09. The van der Waals surface area contributed by atoms with Crippen LogP contribution in [0.4, 0.5) is 0 Å². The van der Waals surface area contributed by atoms with Gasteiger partial charge in [0.05, 0.1) is 23.3 Å². The van der Waals surface area contributed by atoms with Crippen molar-refractivity contribution >= 4 is 33.4 Å². The summed E-state index contributed by atoms with van der Waals surface area (Å²) in [6, 6.07) is 20.6. The second kappa shape index (κ2) is 6.91. The molecule has 0 atom stereocenters. The first kappa shape index (κ1) is 17.2. The molecule has 0 unspecified atom stereocenters. The summed E-state index contributed by atoms with van der Waals surface area (Å²) in [7, 11) is 0. The van der Waals surface area contributed by atoms with Crippen LogP contribution in [0, 0.1) is 0 Å². The van der Waals surface area contributed by atoms with Crippen molar-refractivity contribution in [3.8, 4) is 0 Å². The first-order chi connectivity index (χ1) is 14.2. The molecule has 0 spiro atoms. The van der Waals surface area contributed by atoms with E-state index in [1.54, 1.807) is 12.1 Å². The summed E-state index contributed by atoms with van der Waals surface area (Å²) >= 11 is 0. The quantitative estimate of drug-likeness (QED) is 0.486. The predicted molar refractivity (Wildman–Crippen MR) is 113 cm³/mol. The SMILES string of the molecule is O=C(Cn1c2ccccc2c(=O)c2ccccc21)NCc1cn2ccccc2n1. The van der Waals surface area contributed by atoms with Gasteiger partial charge in [0, 0.05) is 23.2 Å². The van der Waals surface area contributed by atoms with Gasteiger partial charge in [-0.2, -0.15) is 0 Å². The summed E-state index contributed by atoms with van der Waals surface area (Å²) in [6.07, 6.45) is 3.83. The van der Waals surface area contributed by atoms with Crippen LogP contribution < -0.4 is 10.7 Å². The highest BCUT2D eigenvalue weighted by Crippen LogP contribution is 2.19. The van der Waals surface area contributed by atoms with Gasteiger partial charge < -0.3 is 14.3 Å². The zero-order valence-electron chi connectivity index (χ0n) is 15.6. The lowest BCUT2D eigenvalue weighted by molar-refractivity contribution is -0.121. The Balaban J connectivity index is 1.46. The van der Waals surface area contributed by atoms with E-state index in [0.717, 1.165) is 22.4 Å². The largest absolute Gasteiger partial charge is 0.349 e. The Morgan fingerprint density at radius 2 is 1.55 bits per heavy atom. The molecule has 3 heterocycles. The number of carbonyl (C=O) groups is 1. The van der Waals surface area contributed by atoms with Gasteiger partial charge in [0.15, 0.2) is 5.43 Å². The maximum Gasteiger partial charge on any atom is 0.240 e. The molecular formula is C23H18N4O2. The average molecular weight is 382 g/mol. The van der Waals surface area contributed by atoms with Crippen LogP contribution in [0.1, 0.15) is 5.69 Å². The third kappa shape index (κ3) is 3.04. The van der Waals surface area contributed by atoms with E-state index in [1.165, 1.54) is 0 Å². The molecule has 2 aromatic carbocycles. The van der Waals surface area contributed by atoms with E-state index in [9.17, 15) is 9.59 Å². The second-order valence-electron chi connectivity index (χ2n) is 6.92. The first-order valence-electron chi connectivity index (χ1n) is 9.40. The fourth-order valence-electron chi connectivity index (χ4n) is 3.71. The lowest BCUT2D eigenvalue weighted by Crippen LogP contribution is -2.28. The van der Waals surface area contributed by atoms with Crippen LogP contribution in [0.3, 0.4) is 0 Å². The van der Waals surface area contributed by atoms with Crippen molar-refractivity contribution in [3.63, 3.8) is 0 Å². The van der Waals surface area contributed by atoms with Crippen LogP contribution in [0.2, 0.25) is 0 Å². The van der Waals surface area contributed by atoms with Gasteiger partial charge in [0.25, 0.3) is 0 Å². The van der Waals surface area contributed by atoms with Crippen LogP contribution in [0.15, 0.2) is 83.9 Å². The lowest BCUT2D eigenvalue weighted by atomic mass is 10.1. The van der Waals surface area contributed by atoms with Gasteiger partial charge in [-0.1, -0.05) is 30.3 Å². The van der Waals surface area contributed by atoms with E-state index in [2.05, 4.69) is 10.3 Å². The van der Waals surface area contributed by atoms with Gasteiger partial charge >= 0.3 is 0 Å². The molecule has 0 aliphatic rings. The molecule has 5 aromatic rings. The topological polar surface area (TPSA) is 68.4 Å². The number of imidazole rings is 1. The molecule has 0 fully saturated rings. The normalized spacial score (nSPS) is 11.3. The van der Waals surface area contributed by atoms with Crippen molar-refractivity contribution in [1.29, 1.82) is 0 Å². The molecule has 0 saturated heterocycles. The van der Waals surface area contributed by atoms with Crippen molar-refractivity contribution in [2.45, 2.75) is 13.1 Å². The summed E-state index contributed by atoms with van der Waals surface area (Å²) in [4.78, 5) is 30.0. The number of aromatic nitrogens is 3. The number of rotatable bonds is 4. The lowest BCUT2D eigenvalue weighted by Gasteiger charge is -2.14. The van der Waals surface area contributed by atoms with E-state index < -0.39 is 0 Å². The summed E-state index contributed by atoms with van der Waals surface area (Å²) in [6.45, 7) is 0.464. The fraction of sp³-hybridized carbons (Fsp3) is 0.0870. The summed E-state index contributed by atoms with van der Waals surface area (Å²) in [5.41, 5.74) is 3.11. The maximum absolute atomic E-state index is 12.8. The zero-order chi connectivity index (χ0) is 19.8. The molecule has 0 aliphatic carbocycles. The molecule has 3 aromatic heterocycles. The smallest absolute Gasteiger partial charge is 0.240 e. The van der Waals surface area contributed by atoms with Crippen LogP contribution in [0.5, 0.6) is 0 Å². The van der Waals surface area contributed by atoms with E-state index in [0.29, 0.717) is 17.3 Å². The van der Waals surface area contributed by atoms with E-state index in [-0.39, 0.29) is 17.9 Å². The fourth-order valence-corrected chi connectivity index (χ4v) is 3.71. The summed E-state index contributed by atoms with van der Waals surface area (Å²) < 4.78 is 3.81. The Bertz CT molecular complexity index is 1340. The second-order valence-corrected chi connectivity index (χ2v) is 6.92. The Hall–Kier alpha value is -3.93. The molecule has 0 radical (unpaired) electrons. The Labute approximate surface area is 166 Å². The van der Waals surface area contributed by atoms with E-state index in [4.69, 9.17) is 0 Å². The van der Waals surface area contributed by atoms with Gasteiger partial charge in [-0.3, -0.25) is 9.59 Å². The zero-order valence-corrected chi connectivity index (χ0v) is 15.6. The summed E-state index contributed by atoms with van der Waals surface area (Å²) in [5.74, 6) is -0.138. The Morgan fingerprint density at radius 1 is 0.897 bits per heavy atom. The minimum absolute atomic E-state index is 0.0161. The molecule has 1 amide bonds. The molecular weight excluding hydrogens is 364 g/mol. The summed E-state index contributed by atoms with van der Waals surface area (Å²) in [5, 5.41) is 4.16. The number of fused-ring (bicyclic) bond motifs is 3. The predicted octanol–water partition coefficient (Wildman–Crippen LogP) is 3.12. The van der Waals surface area contributed by atoms with Gasteiger partial charge in [-0.25, -0.2) is 4.98 Å². The number of pyridine rings is 2. The van der Waals surface area contributed by atoms with Crippen molar-refractivity contribution < 1.29 is 4.79 Å². The van der Waals surface area contributed by atoms with Crippen LogP contribution in [-0.4, -0.2) is 19.9 Å². The van der Waals surface area contributed by atoms with Crippen molar-refractivity contribution in [1.82, 2.24) is 19.3 Å². The van der Waals surface area contributed by atoms with Gasteiger partial charge in [0.2, 0.25) is 5.91 Å². The van der Waals surface area contributed by atoms with Crippen molar-refractivity contribution in [2.24, 2.45) is 0 Å². The molecule has 5 rings (SSSR count). The van der Waals surface area contributed by atoms with Gasteiger partial charge in [-0.05, 0) is 36.4 Å². The highest BCUT2D eigenvalue weighted by Gasteiger charge is 2.13. The number of hydrogen-bond acceptors (Lipinski definition) is 3. The number of para-hydroxylation sites is 2. The van der Waals surface area contributed by atoms with Crippen LogP contribution >= 0.6 is 0 Å². The third-order valence-corrected chi connectivity index (χ3v) is 5.06. The van der Waals surface area contributed by atoms with E-state index in [1.807, 2.05) is 76.0 Å². The van der Waals surface area contributed by atoms with Gasteiger partial charge in [0.1, 0.15) is 12.2 Å². The molecule has 6 heteroatoms. The minimum Gasteiger partial charge on any atom is -0.349 e. The van der Waals surface area contributed by atoms with Crippen molar-refractivity contribution in [3.05, 3.63) is 95.0 Å². The first-order valence-corrected chi connectivity index (χ1v) is 9.40. The molecule has 0 aliphatic heterocycles. The number of hydrogen-bond donors (Lipinski definition) is 1. The molecule has 6 nitrogen and oxygen atoms in total. The standard InChI is InChI=1S/C23H18N4O2/c28-22(24-13-16-14-26-12-6-5-11-21(26)25-16)15-27-19-9-3-1-7-17(19)23(29)18-8-2-4-10-20(18)27/h1-12,14H,13,15H2,(H,24,28). The third-order valence-electron chi connectivity index (χ3n) is 5.06. The highest BCUT2D eigenvalue weighted by atomic mass is 16.2. The number of amides is 1. The Morgan fingerprint density at radius 3 is 2.24 bits per heavy atom. The number of benzene rings is 2. The minimum atomic E-state index is -0.138. The average Bonchev–Trinajstić information content (AvgIpc) is 3.18. The van der Waals surface area contributed by atoms with Crippen molar-refractivity contribution in [2.75, 3.05) is 0 Å². The van der Waals surface area contributed by atoms with Gasteiger partial charge in [-0.15, -0.1) is 0 Å². The van der Waals surface area contributed by atoms with E-state index >= 15 is 0 Å². The maximum atomic E-state index is 12.8. The monoisotopic (exact) mass is 382 g/mol.